The number of rotatable bonds is 5. The number of aliphatic hydroxyl groups excluding tert-OH is 1. The van der Waals surface area contributed by atoms with Crippen LogP contribution in [0, 0.1) is 0 Å². The van der Waals surface area contributed by atoms with Crippen molar-refractivity contribution in [1.29, 1.82) is 0 Å². The fourth-order valence-corrected chi connectivity index (χ4v) is 5.47. The molecule has 1 fully saturated rings. The van der Waals surface area contributed by atoms with Crippen molar-refractivity contribution in [2.24, 2.45) is 0 Å². The average Bonchev–Trinajstić information content (AvgIpc) is 3.11. The van der Waals surface area contributed by atoms with Gasteiger partial charge in [0, 0.05) is 23.3 Å². The van der Waals surface area contributed by atoms with Crippen LogP contribution >= 0.6 is 11.8 Å². The van der Waals surface area contributed by atoms with Crippen LogP contribution in [0.1, 0.15) is 50.2 Å². The van der Waals surface area contributed by atoms with Gasteiger partial charge in [0.25, 0.3) is 5.56 Å². The van der Waals surface area contributed by atoms with Crippen molar-refractivity contribution >= 4 is 11.8 Å². The predicted octanol–water partition coefficient (Wildman–Crippen LogP) is 3.77. The summed E-state index contributed by atoms with van der Waals surface area (Å²) in [7, 11) is 0. The Morgan fingerprint density at radius 3 is 2.77 bits per heavy atom. The first-order chi connectivity index (χ1) is 12.7. The van der Waals surface area contributed by atoms with Gasteiger partial charge in [-0.1, -0.05) is 55.8 Å². The van der Waals surface area contributed by atoms with Gasteiger partial charge < -0.3 is 5.11 Å². The normalized spacial score (nSPS) is 17.3. The highest BCUT2D eigenvalue weighted by molar-refractivity contribution is 7.99. The molecule has 4 nitrogen and oxygen atoms in total. The second kappa shape index (κ2) is 7.20. The van der Waals surface area contributed by atoms with Gasteiger partial charge in [0.15, 0.2) is 5.16 Å². The Bertz CT molecular complexity index is 869. The summed E-state index contributed by atoms with van der Waals surface area (Å²) in [4.78, 5) is 18.6. The summed E-state index contributed by atoms with van der Waals surface area (Å²) in [6.07, 6.45) is 6.41. The summed E-state index contributed by atoms with van der Waals surface area (Å²) in [5.41, 5.74) is 4.39. The van der Waals surface area contributed by atoms with E-state index in [1.807, 2.05) is 10.6 Å². The van der Waals surface area contributed by atoms with Crippen molar-refractivity contribution in [1.82, 2.24) is 9.55 Å². The number of aromatic nitrogens is 2. The molecule has 0 saturated heterocycles. The van der Waals surface area contributed by atoms with Crippen LogP contribution in [0.5, 0.6) is 0 Å². The fourth-order valence-electron chi connectivity index (χ4n) is 4.71. The van der Waals surface area contributed by atoms with Crippen molar-refractivity contribution in [3.63, 3.8) is 0 Å². The molecule has 0 atom stereocenters. The Labute approximate surface area is 158 Å². The van der Waals surface area contributed by atoms with E-state index in [1.54, 1.807) is 0 Å². The molecule has 0 aliphatic heterocycles. The van der Waals surface area contributed by atoms with Gasteiger partial charge in [-0.3, -0.25) is 9.36 Å². The van der Waals surface area contributed by atoms with E-state index in [0.29, 0.717) is 12.3 Å². The van der Waals surface area contributed by atoms with E-state index in [2.05, 4.69) is 25.1 Å². The third-order valence-electron chi connectivity index (χ3n) is 5.80. The highest BCUT2D eigenvalue weighted by Crippen LogP contribution is 2.49. The van der Waals surface area contributed by atoms with Crippen LogP contribution in [0.25, 0.3) is 11.3 Å². The van der Waals surface area contributed by atoms with E-state index in [1.165, 1.54) is 30.2 Å². The second-order valence-corrected chi connectivity index (χ2v) is 8.53. The van der Waals surface area contributed by atoms with Crippen LogP contribution < -0.4 is 5.56 Å². The van der Waals surface area contributed by atoms with Gasteiger partial charge in [-0.25, -0.2) is 4.98 Å². The molecular formula is C21H26N2O2S. The number of benzene rings is 1. The maximum atomic E-state index is 13.6. The summed E-state index contributed by atoms with van der Waals surface area (Å²) in [5, 5.41) is 9.99. The fraction of sp³-hybridized carbons (Fsp3) is 0.524. The van der Waals surface area contributed by atoms with Crippen LogP contribution in [0.15, 0.2) is 34.2 Å². The molecule has 1 N–H and O–H groups in total. The topological polar surface area (TPSA) is 55.1 Å². The van der Waals surface area contributed by atoms with Gasteiger partial charge in [-0.2, -0.15) is 0 Å². The standard InChI is InChI=1S/C21H26N2O2S/c1-2-11-23-19(25)17-18(22-20(23)26-13-12-24)16-8-4-3-7-15(16)14-21(17)9-5-6-10-21/h3-4,7-8,24H,2,5-6,9-14H2,1H3. The largest absolute Gasteiger partial charge is 0.396 e. The average molecular weight is 371 g/mol. The lowest BCUT2D eigenvalue weighted by Crippen LogP contribution is -2.40. The first-order valence-corrected chi connectivity index (χ1v) is 10.7. The van der Waals surface area contributed by atoms with Crippen LogP contribution in [-0.2, 0) is 18.4 Å². The Morgan fingerprint density at radius 1 is 1.27 bits per heavy atom. The van der Waals surface area contributed by atoms with Gasteiger partial charge in [-0.05, 0) is 31.2 Å². The lowest BCUT2D eigenvalue weighted by Gasteiger charge is -2.36. The van der Waals surface area contributed by atoms with E-state index in [9.17, 15) is 9.90 Å². The molecule has 2 aliphatic carbocycles. The maximum Gasteiger partial charge on any atom is 0.258 e. The van der Waals surface area contributed by atoms with Crippen molar-refractivity contribution < 1.29 is 5.11 Å². The van der Waals surface area contributed by atoms with E-state index in [-0.39, 0.29) is 17.6 Å². The molecule has 26 heavy (non-hydrogen) atoms. The third-order valence-corrected chi connectivity index (χ3v) is 6.75. The number of hydrogen-bond donors (Lipinski definition) is 1. The van der Waals surface area contributed by atoms with Gasteiger partial charge in [0.05, 0.1) is 17.9 Å². The van der Waals surface area contributed by atoms with E-state index >= 15 is 0 Å². The third kappa shape index (κ3) is 2.81. The van der Waals surface area contributed by atoms with Crippen LogP contribution in [0.3, 0.4) is 0 Å². The molecule has 1 aromatic heterocycles. The molecule has 0 amide bonds. The monoisotopic (exact) mass is 370 g/mol. The van der Waals surface area contributed by atoms with Crippen molar-refractivity contribution in [2.75, 3.05) is 12.4 Å². The summed E-state index contributed by atoms with van der Waals surface area (Å²) < 4.78 is 1.85. The zero-order valence-corrected chi connectivity index (χ0v) is 16.1. The molecule has 5 heteroatoms. The molecule has 2 aromatic rings. The van der Waals surface area contributed by atoms with E-state index < -0.39 is 0 Å². The van der Waals surface area contributed by atoms with Crippen LogP contribution in [0.2, 0.25) is 0 Å². The minimum atomic E-state index is -0.0383. The summed E-state index contributed by atoms with van der Waals surface area (Å²) in [5.74, 6) is 0.557. The highest BCUT2D eigenvalue weighted by atomic mass is 32.2. The molecule has 0 bridgehead atoms. The summed E-state index contributed by atoms with van der Waals surface area (Å²) >= 11 is 1.48. The Kier molecular flexibility index (Phi) is 4.93. The van der Waals surface area contributed by atoms with Crippen LogP contribution in [0.4, 0.5) is 0 Å². The predicted molar refractivity (Wildman–Crippen MR) is 106 cm³/mol. The lowest BCUT2D eigenvalue weighted by molar-refractivity contribution is 0.322. The van der Waals surface area contributed by atoms with E-state index in [4.69, 9.17) is 4.98 Å². The first kappa shape index (κ1) is 17.8. The maximum absolute atomic E-state index is 13.6. The minimum absolute atomic E-state index is 0.0383. The summed E-state index contributed by atoms with van der Waals surface area (Å²) in [6.45, 7) is 2.86. The quantitative estimate of drug-likeness (QED) is 0.643. The first-order valence-electron chi connectivity index (χ1n) is 9.67. The Morgan fingerprint density at radius 2 is 2.04 bits per heavy atom. The zero-order chi connectivity index (χ0) is 18.1. The molecule has 0 unspecified atom stereocenters. The van der Waals surface area contributed by atoms with Gasteiger partial charge in [0.2, 0.25) is 0 Å². The lowest BCUT2D eigenvalue weighted by atomic mass is 9.68. The van der Waals surface area contributed by atoms with Crippen molar-refractivity contribution in [3.8, 4) is 11.3 Å². The number of aliphatic hydroxyl groups is 1. The molecule has 1 spiro atoms. The molecule has 4 rings (SSSR count). The Hall–Kier alpha value is -1.59. The van der Waals surface area contributed by atoms with Crippen molar-refractivity contribution in [2.45, 2.75) is 62.6 Å². The van der Waals surface area contributed by atoms with Gasteiger partial charge in [0.1, 0.15) is 0 Å². The molecule has 1 aromatic carbocycles. The molecule has 138 valence electrons. The number of fused-ring (bicyclic) bond motifs is 4. The molecule has 0 radical (unpaired) electrons. The Balaban J connectivity index is 1.98. The zero-order valence-electron chi connectivity index (χ0n) is 15.3. The van der Waals surface area contributed by atoms with Crippen molar-refractivity contribution in [3.05, 3.63) is 45.7 Å². The SMILES string of the molecule is CCCn1c(SCCO)nc2c(c1=O)C1(CCCC1)Cc1ccccc1-2. The number of hydrogen-bond acceptors (Lipinski definition) is 4. The van der Waals surface area contributed by atoms with Crippen LogP contribution in [-0.4, -0.2) is 27.0 Å². The summed E-state index contributed by atoms with van der Waals surface area (Å²) in [6, 6.07) is 8.42. The highest BCUT2D eigenvalue weighted by Gasteiger charge is 2.44. The number of thioether (sulfide) groups is 1. The number of nitrogens with zero attached hydrogens (tertiary/aromatic N) is 2. The molecule has 2 aliphatic rings. The minimum Gasteiger partial charge on any atom is -0.396 e. The van der Waals surface area contributed by atoms with Gasteiger partial charge in [-0.15, -0.1) is 0 Å². The smallest absolute Gasteiger partial charge is 0.258 e. The molecule has 1 heterocycles. The molecule has 1 saturated carbocycles. The van der Waals surface area contributed by atoms with Gasteiger partial charge >= 0.3 is 0 Å². The molecular weight excluding hydrogens is 344 g/mol. The van der Waals surface area contributed by atoms with E-state index in [0.717, 1.165) is 47.7 Å². The second-order valence-electron chi connectivity index (χ2n) is 7.47.